The van der Waals surface area contributed by atoms with E-state index in [1.807, 2.05) is 19.1 Å². The third kappa shape index (κ3) is 0.881. The highest BCUT2D eigenvalue weighted by molar-refractivity contribution is 5.61. The van der Waals surface area contributed by atoms with Crippen molar-refractivity contribution in [2.24, 2.45) is 0 Å². The number of hydrogen-bond acceptors (Lipinski definition) is 0. The second-order valence-electron chi connectivity index (χ2n) is 2.85. The van der Waals surface area contributed by atoms with Crippen molar-refractivity contribution in [3.63, 3.8) is 0 Å². The van der Waals surface area contributed by atoms with E-state index in [1.165, 1.54) is 11.6 Å². The maximum Gasteiger partial charge on any atom is 0.126 e. The van der Waals surface area contributed by atoms with Crippen molar-refractivity contribution in [2.45, 2.75) is 13.3 Å². The molecule has 0 saturated heterocycles. The van der Waals surface area contributed by atoms with Crippen LogP contribution >= 0.6 is 0 Å². The summed E-state index contributed by atoms with van der Waals surface area (Å²) in [4.78, 5) is 0. The first kappa shape index (κ1) is 6.59. The molecule has 0 atom stereocenters. The summed E-state index contributed by atoms with van der Waals surface area (Å²) >= 11 is 0. The molecule has 1 aromatic carbocycles. The highest BCUT2D eigenvalue weighted by Gasteiger charge is 2.09. The Morgan fingerprint density at radius 1 is 1.36 bits per heavy atom. The smallest absolute Gasteiger partial charge is 0.126 e. The second kappa shape index (κ2) is 2.19. The summed E-state index contributed by atoms with van der Waals surface area (Å²) in [6.45, 7) is 1.83. The standard InChI is InChI=1S/C10H9F/c1-7-9-4-2-3-8(9)5-6-10(7)11/h2-3,5-6H,4H2,1H3. The van der Waals surface area contributed by atoms with Crippen LogP contribution in [0.15, 0.2) is 18.2 Å². The number of halogens is 1. The minimum atomic E-state index is -0.0903. The van der Waals surface area contributed by atoms with Gasteiger partial charge in [-0.25, -0.2) is 4.39 Å². The van der Waals surface area contributed by atoms with Crippen LogP contribution in [-0.4, -0.2) is 0 Å². The van der Waals surface area contributed by atoms with E-state index >= 15 is 0 Å². The summed E-state index contributed by atoms with van der Waals surface area (Å²) < 4.78 is 12.9. The van der Waals surface area contributed by atoms with Crippen molar-refractivity contribution in [3.8, 4) is 0 Å². The van der Waals surface area contributed by atoms with Crippen molar-refractivity contribution in [1.82, 2.24) is 0 Å². The molecule has 0 aliphatic heterocycles. The quantitative estimate of drug-likeness (QED) is 0.530. The molecule has 0 heterocycles. The predicted molar refractivity (Wildman–Crippen MR) is 43.9 cm³/mol. The molecule has 11 heavy (non-hydrogen) atoms. The van der Waals surface area contributed by atoms with Gasteiger partial charge in [-0.2, -0.15) is 0 Å². The van der Waals surface area contributed by atoms with Crippen LogP contribution in [0.5, 0.6) is 0 Å². The summed E-state index contributed by atoms with van der Waals surface area (Å²) in [6, 6.07) is 3.37. The van der Waals surface area contributed by atoms with Crippen LogP contribution in [0, 0.1) is 12.7 Å². The molecule has 0 radical (unpaired) electrons. The fraction of sp³-hybridized carbons (Fsp3) is 0.200. The van der Waals surface area contributed by atoms with Crippen LogP contribution in [0.1, 0.15) is 16.7 Å². The lowest BCUT2D eigenvalue weighted by molar-refractivity contribution is 0.616. The van der Waals surface area contributed by atoms with Gasteiger partial charge in [-0.1, -0.05) is 18.2 Å². The molecule has 0 bridgehead atoms. The minimum Gasteiger partial charge on any atom is -0.207 e. The van der Waals surface area contributed by atoms with Gasteiger partial charge in [-0.05, 0) is 36.1 Å². The highest BCUT2D eigenvalue weighted by Crippen LogP contribution is 2.24. The Morgan fingerprint density at radius 3 is 3.00 bits per heavy atom. The average molecular weight is 148 g/mol. The van der Waals surface area contributed by atoms with Crippen molar-refractivity contribution in [1.29, 1.82) is 0 Å². The third-order valence-electron chi connectivity index (χ3n) is 2.19. The molecular weight excluding hydrogens is 139 g/mol. The van der Waals surface area contributed by atoms with Gasteiger partial charge in [-0.15, -0.1) is 0 Å². The van der Waals surface area contributed by atoms with Crippen LogP contribution in [0.3, 0.4) is 0 Å². The predicted octanol–water partition coefficient (Wildman–Crippen LogP) is 2.70. The van der Waals surface area contributed by atoms with E-state index in [4.69, 9.17) is 0 Å². The van der Waals surface area contributed by atoms with E-state index in [9.17, 15) is 4.39 Å². The Kier molecular flexibility index (Phi) is 1.31. The molecule has 0 fully saturated rings. The van der Waals surface area contributed by atoms with E-state index in [0.717, 1.165) is 17.5 Å². The molecule has 1 aliphatic rings. The number of fused-ring (bicyclic) bond motifs is 1. The molecule has 1 aromatic rings. The summed E-state index contributed by atoms with van der Waals surface area (Å²) in [5.74, 6) is -0.0903. The van der Waals surface area contributed by atoms with Crippen molar-refractivity contribution < 1.29 is 4.39 Å². The lowest BCUT2D eigenvalue weighted by Gasteiger charge is -2.03. The van der Waals surface area contributed by atoms with Gasteiger partial charge in [0.05, 0.1) is 0 Å². The van der Waals surface area contributed by atoms with Crippen molar-refractivity contribution >= 4 is 6.08 Å². The Bertz CT molecular complexity index is 324. The number of benzene rings is 1. The van der Waals surface area contributed by atoms with E-state index in [-0.39, 0.29) is 5.82 Å². The summed E-state index contributed by atoms with van der Waals surface area (Å²) in [5, 5.41) is 0. The van der Waals surface area contributed by atoms with Gasteiger partial charge in [0.1, 0.15) is 5.82 Å². The van der Waals surface area contributed by atoms with Crippen LogP contribution in [-0.2, 0) is 6.42 Å². The molecule has 0 amide bonds. The van der Waals surface area contributed by atoms with Gasteiger partial charge in [0, 0.05) is 0 Å². The average Bonchev–Trinajstić information content (AvgIpc) is 2.45. The van der Waals surface area contributed by atoms with Crippen LogP contribution in [0.2, 0.25) is 0 Å². The van der Waals surface area contributed by atoms with E-state index in [2.05, 4.69) is 6.08 Å². The Hall–Kier alpha value is -1.11. The fourth-order valence-corrected chi connectivity index (χ4v) is 1.48. The monoisotopic (exact) mass is 148 g/mol. The van der Waals surface area contributed by atoms with Gasteiger partial charge < -0.3 is 0 Å². The van der Waals surface area contributed by atoms with Crippen LogP contribution < -0.4 is 0 Å². The molecule has 56 valence electrons. The topological polar surface area (TPSA) is 0 Å². The van der Waals surface area contributed by atoms with Crippen molar-refractivity contribution in [2.75, 3.05) is 0 Å². The van der Waals surface area contributed by atoms with E-state index in [1.54, 1.807) is 0 Å². The maximum atomic E-state index is 12.9. The first-order valence-corrected chi connectivity index (χ1v) is 3.73. The minimum absolute atomic E-state index is 0.0903. The van der Waals surface area contributed by atoms with Crippen LogP contribution in [0.4, 0.5) is 4.39 Å². The molecular formula is C10H9F. The zero-order chi connectivity index (χ0) is 7.84. The molecule has 0 unspecified atom stereocenters. The lowest BCUT2D eigenvalue weighted by atomic mass is 10.0. The molecule has 0 aromatic heterocycles. The van der Waals surface area contributed by atoms with Crippen LogP contribution in [0.25, 0.3) is 6.08 Å². The van der Waals surface area contributed by atoms with Gasteiger partial charge in [0.25, 0.3) is 0 Å². The molecule has 1 aliphatic carbocycles. The SMILES string of the molecule is Cc1c(F)ccc2c1CC=C2. The zero-order valence-corrected chi connectivity index (χ0v) is 6.39. The second-order valence-corrected chi connectivity index (χ2v) is 2.85. The van der Waals surface area contributed by atoms with Gasteiger partial charge in [-0.3, -0.25) is 0 Å². The number of allylic oxidation sites excluding steroid dienone is 1. The first-order chi connectivity index (χ1) is 5.29. The van der Waals surface area contributed by atoms with Gasteiger partial charge >= 0.3 is 0 Å². The number of rotatable bonds is 0. The molecule has 0 saturated carbocycles. The first-order valence-electron chi connectivity index (χ1n) is 3.73. The third-order valence-corrected chi connectivity index (χ3v) is 2.19. The highest BCUT2D eigenvalue weighted by atomic mass is 19.1. The number of hydrogen-bond donors (Lipinski definition) is 0. The molecule has 0 N–H and O–H groups in total. The normalized spacial score (nSPS) is 13.6. The fourth-order valence-electron chi connectivity index (χ4n) is 1.48. The van der Waals surface area contributed by atoms with Gasteiger partial charge in [0.15, 0.2) is 0 Å². The summed E-state index contributed by atoms with van der Waals surface area (Å²) in [5.41, 5.74) is 3.11. The lowest BCUT2D eigenvalue weighted by Crippen LogP contribution is -1.91. The van der Waals surface area contributed by atoms with E-state index < -0.39 is 0 Å². The largest absolute Gasteiger partial charge is 0.207 e. The molecule has 0 spiro atoms. The zero-order valence-electron chi connectivity index (χ0n) is 6.39. The van der Waals surface area contributed by atoms with E-state index in [0.29, 0.717) is 0 Å². The summed E-state index contributed by atoms with van der Waals surface area (Å²) in [6.07, 6.45) is 5.00. The molecule has 1 heteroatoms. The van der Waals surface area contributed by atoms with Gasteiger partial charge in [0.2, 0.25) is 0 Å². The summed E-state index contributed by atoms with van der Waals surface area (Å²) in [7, 11) is 0. The Morgan fingerprint density at radius 2 is 2.18 bits per heavy atom. The Balaban J connectivity index is 2.67. The Labute approximate surface area is 65.4 Å². The molecule has 2 rings (SSSR count). The molecule has 0 nitrogen and oxygen atoms in total. The maximum absolute atomic E-state index is 12.9. The van der Waals surface area contributed by atoms with Crippen molar-refractivity contribution in [3.05, 3.63) is 40.7 Å².